The van der Waals surface area contributed by atoms with E-state index in [0.717, 1.165) is 23.4 Å². The summed E-state index contributed by atoms with van der Waals surface area (Å²) in [5.41, 5.74) is 2.80. The first-order valence-electron chi connectivity index (χ1n) is 7.54. The van der Waals surface area contributed by atoms with E-state index in [2.05, 4.69) is 4.98 Å². The number of likely N-dealkylation sites (N-methyl/N-ethyl adjacent to an activating group) is 1. The van der Waals surface area contributed by atoms with Crippen LogP contribution in [-0.2, 0) is 21.4 Å². The average Bonchev–Trinajstić information content (AvgIpc) is 2.90. The van der Waals surface area contributed by atoms with E-state index in [4.69, 9.17) is 4.74 Å². The molecule has 1 aliphatic rings. The summed E-state index contributed by atoms with van der Waals surface area (Å²) in [7, 11) is -0.0620. The van der Waals surface area contributed by atoms with Crippen molar-refractivity contribution in [2.75, 3.05) is 40.4 Å². The topological polar surface area (TPSA) is 62.7 Å². The quantitative estimate of drug-likeness (QED) is 0.750. The molecule has 2 rings (SSSR count). The molecule has 0 spiro atoms. The van der Waals surface area contributed by atoms with Gasteiger partial charge in [-0.1, -0.05) is 0 Å². The number of hydrogen-bond donors (Lipinski definition) is 0. The lowest BCUT2D eigenvalue weighted by Gasteiger charge is -2.34. The van der Waals surface area contributed by atoms with Gasteiger partial charge in [-0.3, -0.25) is 0 Å². The number of nitrogens with zero attached hydrogens (tertiary/aromatic N) is 3. The van der Waals surface area contributed by atoms with Crippen LogP contribution in [0.5, 0.6) is 0 Å². The lowest BCUT2D eigenvalue weighted by molar-refractivity contribution is 0.116. The summed E-state index contributed by atoms with van der Waals surface area (Å²) in [6.07, 6.45) is 2.64. The molecule has 1 saturated heterocycles. The number of aromatic nitrogens is 1. The molecule has 0 radical (unpaired) electrons. The zero-order chi connectivity index (χ0) is 16.2. The van der Waals surface area contributed by atoms with Gasteiger partial charge in [0.1, 0.15) is 0 Å². The van der Waals surface area contributed by atoms with Crippen molar-refractivity contribution < 1.29 is 13.2 Å². The molecule has 1 aromatic rings. The Bertz CT molecular complexity index is 572. The smallest absolute Gasteiger partial charge is 0.281 e. The summed E-state index contributed by atoms with van der Waals surface area (Å²) in [5, 5.41) is 0. The Kier molecular flexibility index (Phi) is 6.34. The van der Waals surface area contributed by atoms with E-state index >= 15 is 0 Å². The van der Waals surface area contributed by atoms with Crippen molar-refractivity contribution in [2.24, 2.45) is 5.92 Å². The maximum Gasteiger partial charge on any atom is 0.281 e. The molecule has 0 saturated carbocycles. The number of hydrogen-bond acceptors (Lipinski definition) is 5. The zero-order valence-corrected chi connectivity index (χ0v) is 15.1. The van der Waals surface area contributed by atoms with Crippen LogP contribution in [0.15, 0.2) is 5.51 Å². The van der Waals surface area contributed by atoms with Crippen molar-refractivity contribution >= 4 is 21.5 Å². The standard InChI is InChI=1S/C14H25N3O3S2/c1-12-14(21-11-15-12)6-8-16(2)22(18,19)17-7-4-5-13(9-17)10-20-3/h11,13H,4-10H2,1-3H3. The van der Waals surface area contributed by atoms with Crippen LogP contribution in [0.25, 0.3) is 0 Å². The molecule has 0 N–H and O–H groups in total. The minimum atomic E-state index is -3.38. The molecule has 0 amide bonds. The van der Waals surface area contributed by atoms with E-state index in [1.165, 1.54) is 4.31 Å². The molecule has 1 fully saturated rings. The highest BCUT2D eigenvalue weighted by molar-refractivity contribution is 7.86. The third kappa shape index (κ3) is 4.26. The van der Waals surface area contributed by atoms with Gasteiger partial charge in [0.2, 0.25) is 0 Å². The molecule has 1 atom stereocenters. The van der Waals surface area contributed by atoms with Crippen molar-refractivity contribution in [2.45, 2.75) is 26.2 Å². The number of thiazole rings is 1. The highest BCUT2D eigenvalue weighted by Crippen LogP contribution is 2.21. The van der Waals surface area contributed by atoms with Crippen molar-refractivity contribution in [3.63, 3.8) is 0 Å². The molecule has 0 bridgehead atoms. The van der Waals surface area contributed by atoms with E-state index in [1.54, 1.807) is 35.3 Å². The third-order valence-corrected chi connectivity index (χ3v) is 7.05. The van der Waals surface area contributed by atoms with Gasteiger partial charge in [-0.15, -0.1) is 11.3 Å². The number of aryl methyl sites for hydroxylation is 1. The van der Waals surface area contributed by atoms with Crippen molar-refractivity contribution in [3.8, 4) is 0 Å². The van der Waals surface area contributed by atoms with Crippen molar-refractivity contribution in [1.29, 1.82) is 0 Å². The SMILES string of the molecule is COCC1CCCN(S(=O)(=O)N(C)CCc2scnc2C)C1. The van der Waals surface area contributed by atoms with Gasteiger partial charge in [-0.05, 0) is 32.1 Å². The molecule has 22 heavy (non-hydrogen) atoms. The maximum absolute atomic E-state index is 12.7. The largest absolute Gasteiger partial charge is 0.384 e. The molecule has 0 aromatic carbocycles. The fraction of sp³-hybridized carbons (Fsp3) is 0.786. The van der Waals surface area contributed by atoms with Gasteiger partial charge in [0.25, 0.3) is 10.2 Å². The summed E-state index contributed by atoms with van der Waals surface area (Å²) in [4.78, 5) is 5.35. The summed E-state index contributed by atoms with van der Waals surface area (Å²) in [6.45, 7) is 4.22. The summed E-state index contributed by atoms with van der Waals surface area (Å²) < 4.78 is 33.6. The minimum Gasteiger partial charge on any atom is -0.384 e. The van der Waals surface area contributed by atoms with Crippen LogP contribution in [0.4, 0.5) is 0 Å². The Morgan fingerprint density at radius 3 is 2.95 bits per heavy atom. The molecule has 1 aromatic heterocycles. The average molecular weight is 348 g/mol. The zero-order valence-electron chi connectivity index (χ0n) is 13.5. The second kappa shape index (κ2) is 7.83. The second-order valence-electron chi connectivity index (χ2n) is 5.76. The Morgan fingerprint density at radius 1 is 1.55 bits per heavy atom. The summed E-state index contributed by atoms with van der Waals surface area (Å²) >= 11 is 1.58. The predicted octanol–water partition coefficient (Wildman–Crippen LogP) is 1.53. The van der Waals surface area contributed by atoms with E-state index in [-0.39, 0.29) is 0 Å². The molecule has 1 unspecified atom stereocenters. The Balaban J connectivity index is 1.95. The molecule has 2 heterocycles. The molecule has 8 heteroatoms. The van der Waals surface area contributed by atoms with Gasteiger partial charge in [-0.2, -0.15) is 17.0 Å². The lowest BCUT2D eigenvalue weighted by Crippen LogP contribution is -2.47. The fourth-order valence-electron chi connectivity index (χ4n) is 2.75. The highest BCUT2D eigenvalue weighted by atomic mass is 32.2. The third-order valence-electron chi connectivity index (χ3n) is 4.10. The number of piperidine rings is 1. The second-order valence-corrected chi connectivity index (χ2v) is 8.74. The van der Waals surface area contributed by atoms with Gasteiger partial charge in [0.05, 0.1) is 17.8 Å². The predicted molar refractivity (Wildman–Crippen MR) is 88.3 cm³/mol. The van der Waals surface area contributed by atoms with Crippen LogP contribution in [-0.4, -0.2) is 62.4 Å². The van der Waals surface area contributed by atoms with E-state index in [1.807, 2.05) is 6.92 Å². The van der Waals surface area contributed by atoms with Crippen LogP contribution < -0.4 is 0 Å². The van der Waals surface area contributed by atoms with E-state index in [0.29, 0.717) is 38.6 Å². The van der Waals surface area contributed by atoms with Crippen molar-refractivity contribution in [3.05, 3.63) is 16.1 Å². The molecule has 0 aliphatic carbocycles. The minimum absolute atomic E-state index is 0.297. The van der Waals surface area contributed by atoms with Crippen molar-refractivity contribution in [1.82, 2.24) is 13.6 Å². The lowest BCUT2D eigenvalue weighted by atomic mass is 10.0. The summed E-state index contributed by atoms with van der Waals surface area (Å²) in [6, 6.07) is 0. The Morgan fingerprint density at radius 2 is 2.32 bits per heavy atom. The van der Waals surface area contributed by atoms with Crippen LogP contribution in [0, 0.1) is 12.8 Å². The van der Waals surface area contributed by atoms with Gasteiger partial charge in [-0.25, -0.2) is 4.98 Å². The molecule has 126 valence electrons. The molecule has 6 nitrogen and oxygen atoms in total. The van der Waals surface area contributed by atoms with Crippen LogP contribution in [0.1, 0.15) is 23.4 Å². The van der Waals surface area contributed by atoms with Gasteiger partial charge >= 0.3 is 0 Å². The monoisotopic (exact) mass is 347 g/mol. The summed E-state index contributed by atoms with van der Waals surface area (Å²) in [5.74, 6) is 0.297. The Labute approximate surface area is 137 Å². The fourth-order valence-corrected chi connectivity index (χ4v) is 4.99. The van der Waals surface area contributed by atoms with Crippen LogP contribution in [0.2, 0.25) is 0 Å². The number of ether oxygens (including phenoxy) is 1. The first kappa shape index (κ1) is 17.8. The first-order valence-corrected chi connectivity index (χ1v) is 9.82. The van der Waals surface area contributed by atoms with Gasteiger partial charge < -0.3 is 4.74 Å². The van der Waals surface area contributed by atoms with Crippen LogP contribution in [0.3, 0.4) is 0 Å². The van der Waals surface area contributed by atoms with E-state index < -0.39 is 10.2 Å². The van der Waals surface area contributed by atoms with Gasteiger partial charge in [0, 0.05) is 38.7 Å². The normalized spacial score (nSPS) is 20.6. The molecular weight excluding hydrogens is 322 g/mol. The molecule has 1 aliphatic heterocycles. The van der Waals surface area contributed by atoms with Crippen LogP contribution >= 0.6 is 11.3 Å². The first-order chi connectivity index (χ1) is 10.4. The van der Waals surface area contributed by atoms with Gasteiger partial charge in [0.15, 0.2) is 0 Å². The Hall–Kier alpha value is -0.540. The number of rotatable bonds is 7. The number of methoxy groups -OCH3 is 1. The van der Waals surface area contributed by atoms with E-state index in [9.17, 15) is 8.42 Å². The maximum atomic E-state index is 12.7. The highest BCUT2D eigenvalue weighted by Gasteiger charge is 2.31. The molecular formula is C14H25N3O3S2.